The summed E-state index contributed by atoms with van der Waals surface area (Å²) in [5, 5.41) is 8.86. The van der Waals surface area contributed by atoms with Crippen LogP contribution in [0.3, 0.4) is 0 Å². The summed E-state index contributed by atoms with van der Waals surface area (Å²) in [5.74, 6) is -1.10. The average Bonchev–Trinajstić information content (AvgIpc) is 2.24. The highest BCUT2D eigenvalue weighted by Gasteiger charge is 2.25. The van der Waals surface area contributed by atoms with E-state index in [1.54, 1.807) is 25.1 Å². The van der Waals surface area contributed by atoms with Crippen LogP contribution < -0.4 is 0 Å². The number of ketones is 1. The predicted molar refractivity (Wildman–Crippen MR) is 70.0 cm³/mol. The van der Waals surface area contributed by atoms with Gasteiger partial charge in [0.15, 0.2) is 5.78 Å². The third-order valence-electron chi connectivity index (χ3n) is 2.94. The molecule has 0 aliphatic carbocycles. The number of benzene rings is 1. The summed E-state index contributed by atoms with van der Waals surface area (Å²) < 4.78 is 0. The second-order valence-corrected chi connectivity index (χ2v) is 4.76. The Morgan fingerprint density at radius 1 is 1.28 bits per heavy atom. The molecule has 0 amide bonds. The van der Waals surface area contributed by atoms with E-state index in [0.717, 1.165) is 11.1 Å². The summed E-state index contributed by atoms with van der Waals surface area (Å²) in [6.07, 6.45) is -0.181. The molecule has 4 nitrogen and oxygen atoms in total. The van der Waals surface area contributed by atoms with Gasteiger partial charge >= 0.3 is 5.97 Å². The number of hydrogen-bond acceptors (Lipinski definition) is 3. The number of Topliss-reactive ketones (excluding diaryl/α,β-unsaturated/α-hetero) is 1. The van der Waals surface area contributed by atoms with Gasteiger partial charge in [-0.1, -0.05) is 23.8 Å². The zero-order valence-corrected chi connectivity index (χ0v) is 11.2. The van der Waals surface area contributed by atoms with Gasteiger partial charge in [0.2, 0.25) is 0 Å². The number of carboxylic acid groups (broad SMARTS) is 1. The Bertz CT molecular complexity index is 466. The van der Waals surface area contributed by atoms with Crippen molar-refractivity contribution in [1.82, 2.24) is 4.90 Å². The number of hydrogen-bond donors (Lipinski definition) is 1. The first-order valence-electron chi connectivity index (χ1n) is 5.82. The van der Waals surface area contributed by atoms with E-state index in [9.17, 15) is 9.59 Å². The monoisotopic (exact) mass is 249 g/mol. The Morgan fingerprint density at radius 2 is 1.89 bits per heavy atom. The van der Waals surface area contributed by atoms with Gasteiger partial charge < -0.3 is 5.11 Å². The molecule has 0 aromatic heterocycles. The minimum Gasteiger partial charge on any atom is -0.481 e. The number of rotatable bonds is 5. The fourth-order valence-electron chi connectivity index (χ4n) is 1.94. The molecule has 1 aromatic carbocycles. The van der Waals surface area contributed by atoms with E-state index >= 15 is 0 Å². The van der Waals surface area contributed by atoms with Crippen molar-refractivity contribution in [3.8, 4) is 0 Å². The molecule has 18 heavy (non-hydrogen) atoms. The molecule has 0 heterocycles. The Hall–Kier alpha value is -1.68. The van der Waals surface area contributed by atoms with Crippen molar-refractivity contribution in [2.45, 2.75) is 26.3 Å². The van der Waals surface area contributed by atoms with Crippen LogP contribution in [0.5, 0.6) is 0 Å². The zero-order valence-electron chi connectivity index (χ0n) is 11.2. The molecule has 0 saturated heterocycles. The second-order valence-electron chi connectivity index (χ2n) is 4.76. The average molecular weight is 249 g/mol. The molecule has 98 valence electrons. The van der Waals surface area contributed by atoms with E-state index in [-0.39, 0.29) is 12.2 Å². The van der Waals surface area contributed by atoms with Crippen LogP contribution in [-0.2, 0) is 4.79 Å². The lowest BCUT2D eigenvalue weighted by atomic mass is 9.96. The van der Waals surface area contributed by atoms with Gasteiger partial charge in [-0.25, -0.2) is 0 Å². The molecule has 1 atom stereocenters. The Labute approximate surface area is 107 Å². The van der Waals surface area contributed by atoms with Gasteiger partial charge in [0, 0.05) is 5.56 Å². The summed E-state index contributed by atoms with van der Waals surface area (Å²) in [5.41, 5.74) is 2.57. The number of carbonyl (C=O) groups is 2. The van der Waals surface area contributed by atoms with Crippen molar-refractivity contribution >= 4 is 11.8 Å². The molecule has 1 N–H and O–H groups in total. The number of carbonyl (C=O) groups excluding carboxylic acids is 1. The molecule has 0 bridgehead atoms. The number of aliphatic carboxylic acids is 1. The van der Waals surface area contributed by atoms with Crippen molar-refractivity contribution in [2.24, 2.45) is 0 Å². The summed E-state index contributed by atoms with van der Waals surface area (Å²) in [7, 11) is 3.43. The molecule has 0 spiro atoms. The van der Waals surface area contributed by atoms with Crippen LogP contribution >= 0.6 is 0 Å². The van der Waals surface area contributed by atoms with Gasteiger partial charge in [0.05, 0.1) is 12.5 Å². The lowest BCUT2D eigenvalue weighted by Crippen LogP contribution is -2.38. The minimum absolute atomic E-state index is 0.139. The fraction of sp³-hybridized carbons (Fsp3) is 0.429. The van der Waals surface area contributed by atoms with Gasteiger partial charge in [-0.05, 0) is 33.5 Å². The molecule has 1 aromatic rings. The molecule has 1 rings (SSSR count). The van der Waals surface area contributed by atoms with Crippen LogP contribution in [0.1, 0.15) is 27.9 Å². The molecular weight excluding hydrogens is 230 g/mol. The van der Waals surface area contributed by atoms with Crippen LogP contribution in [0.4, 0.5) is 0 Å². The molecule has 0 aliphatic heterocycles. The van der Waals surface area contributed by atoms with Crippen LogP contribution in [-0.4, -0.2) is 41.9 Å². The maximum atomic E-state index is 12.3. The standard InChI is InChI=1S/C14H19NO3/c1-9-5-6-11(10(2)7-9)14(18)12(15(3)4)8-13(16)17/h5-7,12H,8H2,1-4H3,(H,16,17). The van der Waals surface area contributed by atoms with Crippen LogP contribution in [0.2, 0.25) is 0 Å². The molecule has 0 saturated carbocycles. The fourth-order valence-corrected chi connectivity index (χ4v) is 1.94. The van der Waals surface area contributed by atoms with E-state index in [0.29, 0.717) is 5.56 Å². The summed E-state index contributed by atoms with van der Waals surface area (Å²) in [6, 6.07) is 4.95. The van der Waals surface area contributed by atoms with E-state index < -0.39 is 12.0 Å². The largest absolute Gasteiger partial charge is 0.481 e. The summed E-state index contributed by atoms with van der Waals surface area (Å²) >= 11 is 0. The van der Waals surface area contributed by atoms with E-state index in [2.05, 4.69) is 0 Å². The third kappa shape index (κ3) is 3.40. The first-order valence-corrected chi connectivity index (χ1v) is 5.82. The molecule has 0 fully saturated rings. The van der Waals surface area contributed by atoms with Crippen molar-refractivity contribution in [2.75, 3.05) is 14.1 Å². The first kappa shape index (κ1) is 14.4. The highest BCUT2D eigenvalue weighted by molar-refractivity contribution is 6.02. The molecule has 1 unspecified atom stereocenters. The van der Waals surface area contributed by atoms with Crippen molar-refractivity contribution in [3.05, 3.63) is 34.9 Å². The van der Waals surface area contributed by atoms with Crippen LogP contribution in [0.15, 0.2) is 18.2 Å². The quantitative estimate of drug-likeness (QED) is 0.810. The SMILES string of the molecule is Cc1ccc(C(=O)C(CC(=O)O)N(C)C)c(C)c1. The maximum absolute atomic E-state index is 12.3. The van der Waals surface area contributed by atoms with Gasteiger partial charge in [0.25, 0.3) is 0 Å². The number of nitrogens with zero attached hydrogens (tertiary/aromatic N) is 1. The van der Waals surface area contributed by atoms with E-state index in [1.807, 2.05) is 26.0 Å². The summed E-state index contributed by atoms with van der Waals surface area (Å²) in [6.45, 7) is 3.83. The first-order chi connectivity index (χ1) is 8.32. The topological polar surface area (TPSA) is 57.6 Å². The highest BCUT2D eigenvalue weighted by Crippen LogP contribution is 2.16. The van der Waals surface area contributed by atoms with Gasteiger partial charge in [-0.3, -0.25) is 14.5 Å². The normalized spacial score (nSPS) is 12.5. The van der Waals surface area contributed by atoms with Gasteiger partial charge in [0.1, 0.15) is 0 Å². The number of aryl methyl sites for hydroxylation is 2. The summed E-state index contributed by atoms with van der Waals surface area (Å²) in [4.78, 5) is 24.8. The van der Waals surface area contributed by atoms with E-state index in [4.69, 9.17) is 5.11 Å². The molecule has 0 aliphatic rings. The highest BCUT2D eigenvalue weighted by atomic mass is 16.4. The van der Waals surface area contributed by atoms with Crippen LogP contribution in [0.25, 0.3) is 0 Å². The second kappa shape index (κ2) is 5.78. The van der Waals surface area contributed by atoms with Crippen molar-refractivity contribution in [3.63, 3.8) is 0 Å². The lowest BCUT2D eigenvalue weighted by molar-refractivity contribution is -0.137. The Kier molecular flexibility index (Phi) is 4.62. The lowest BCUT2D eigenvalue weighted by Gasteiger charge is -2.22. The smallest absolute Gasteiger partial charge is 0.305 e. The Morgan fingerprint density at radius 3 is 2.33 bits per heavy atom. The minimum atomic E-state index is -0.966. The van der Waals surface area contributed by atoms with Gasteiger partial charge in [-0.15, -0.1) is 0 Å². The van der Waals surface area contributed by atoms with Crippen molar-refractivity contribution < 1.29 is 14.7 Å². The number of likely N-dealkylation sites (N-methyl/N-ethyl adjacent to an activating group) is 1. The maximum Gasteiger partial charge on any atom is 0.305 e. The predicted octanol–water partition coefficient (Wildman–Crippen LogP) is 1.89. The van der Waals surface area contributed by atoms with Gasteiger partial charge in [-0.2, -0.15) is 0 Å². The molecule has 4 heteroatoms. The van der Waals surface area contributed by atoms with E-state index in [1.165, 1.54) is 0 Å². The zero-order chi connectivity index (χ0) is 13.9. The Balaban J connectivity index is 3.05. The third-order valence-corrected chi connectivity index (χ3v) is 2.94. The van der Waals surface area contributed by atoms with Crippen molar-refractivity contribution in [1.29, 1.82) is 0 Å². The number of carboxylic acids is 1. The molecule has 0 radical (unpaired) electrons. The molecular formula is C14H19NO3. The van der Waals surface area contributed by atoms with Crippen LogP contribution in [0, 0.1) is 13.8 Å².